The first-order valence-electron chi connectivity index (χ1n) is 15.1. The first kappa shape index (κ1) is 35.3. The SMILES string of the molecule is C[C@@H]1CN([C@H](C)CO)C(=O)c2cc(NC(=O)CCC(F)(F)F)ccc2O[C@@H](C)CCCCO[C@@H]1CN(C)Cc1ccncc1. The average Bonchev–Trinajstić information content (AvgIpc) is 2.97. The van der Waals surface area contributed by atoms with E-state index < -0.39 is 36.9 Å². The number of carbonyl (C=O) groups is 2. The van der Waals surface area contributed by atoms with Gasteiger partial charge < -0.3 is 24.8 Å². The van der Waals surface area contributed by atoms with Gasteiger partial charge in [0.15, 0.2) is 0 Å². The summed E-state index contributed by atoms with van der Waals surface area (Å²) < 4.78 is 50.5. The molecule has 1 aromatic heterocycles. The Hall–Kier alpha value is -3.22. The van der Waals surface area contributed by atoms with Crippen LogP contribution in [0, 0.1) is 5.92 Å². The topological polar surface area (TPSA) is 104 Å². The van der Waals surface area contributed by atoms with E-state index in [1.165, 1.54) is 12.1 Å². The molecule has 0 spiro atoms. The summed E-state index contributed by atoms with van der Waals surface area (Å²) in [7, 11) is 2.01. The van der Waals surface area contributed by atoms with Crippen molar-refractivity contribution in [3.05, 3.63) is 53.9 Å². The molecule has 1 aromatic carbocycles. The van der Waals surface area contributed by atoms with Crippen LogP contribution in [0.3, 0.4) is 0 Å². The molecule has 12 heteroatoms. The van der Waals surface area contributed by atoms with Gasteiger partial charge in [0.25, 0.3) is 5.91 Å². The maximum atomic E-state index is 14.1. The molecule has 0 aliphatic carbocycles. The van der Waals surface area contributed by atoms with Crippen molar-refractivity contribution in [3.8, 4) is 5.75 Å². The highest BCUT2D eigenvalue weighted by Crippen LogP contribution is 2.29. The number of amides is 2. The van der Waals surface area contributed by atoms with E-state index in [9.17, 15) is 27.9 Å². The number of halogens is 3. The number of likely N-dealkylation sites (N-methyl/N-ethyl adjacent to an activating group) is 1. The van der Waals surface area contributed by atoms with Gasteiger partial charge in [-0.15, -0.1) is 0 Å². The monoisotopic (exact) mass is 622 g/mol. The van der Waals surface area contributed by atoms with Crippen LogP contribution in [0.1, 0.15) is 68.8 Å². The van der Waals surface area contributed by atoms with Gasteiger partial charge in [0.05, 0.1) is 36.8 Å². The fourth-order valence-electron chi connectivity index (χ4n) is 5.11. The fraction of sp³-hybridized carbons (Fsp3) is 0.594. The number of aromatic nitrogens is 1. The minimum atomic E-state index is -4.46. The summed E-state index contributed by atoms with van der Waals surface area (Å²) in [5.41, 5.74) is 1.46. The van der Waals surface area contributed by atoms with Crippen LogP contribution in [0.25, 0.3) is 0 Å². The number of ether oxygens (including phenoxy) is 2. The summed E-state index contributed by atoms with van der Waals surface area (Å²) in [5.74, 6) is -1.05. The summed E-state index contributed by atoms with van der Waals surface area (Å²) >= 11 is 0. The smallest absolute Gasteiger partial charge is 0.389 e. The molecule has 1 aliphatic heterocycles. The molecule has 0 unspecified atom stereocenters. The number of hydrogen-bond acceptors (Lipinski definition) is 7. The molecule has 2 N–H and O–H groups in total. The van der Waals surface area contributed by atoms with Crippen LogP contribution >= 0.6 is 0 Å². The van der Waals surface area contributed by atoms with Crippen LogP contribution in [0.4, 0.5) is 18.9 Å². The van der Waals surface area contributed by atoms with Crippen LogP contribution in [-0.4, -0.2) is 89.5 Å². The highest BCUT2D eigenvalue weighted by atomic mass is 19.4. The average molecular weight is 623 g/mol. The third kappa shape index (κ3) is 11.4. The van der Waals surface area contributed by atoms with E-state index >= 15 is 0 Å². The number of aliphatic hydroxyl groups is 1. The van der Waals surface area contributed by atoms with Gasteiger partial charge in [-0.3, -0.25) is 19.5 Å². The lowest BCUT2D eigenvalue weighted by Crippen LogP contribution is -2.47. The number of anilines is 1. The number of benzene rings is 1. The van der Waals surface area contributed by atoms with Gasteiger partial charge in [0.2, 0.25) is 5.91 Å². The number of aliphatic hydroxyl groups excluding tert-OH is 1. The first-order valence-corrected chi connectivity index (χ1v) is 15.1. The van der Waals surface area contributed by atoms with Crippen molar-refractivity contribution in [2.45, 2.75) is 83.8 Å². The van der Waals surface area contributed by atoms with Gasteiger partial charge in [0.1, 0.15) is 5.75 Å². The Labute approximate surface area is 257 Å². The molecule has 9 nitrogen and oxygen atoms in total. The number of nitrogens with one attached hydrogen (secondary N) is 1. The number of rotatable bonds is 9. The van der Waals surface area contributed by atoms with Crippen molar-refractivity contribution in [1.29, 1.82) is 0 Å². The van der Waals surface area contributed by atoms with E-state index in [-0.39, 0.29) is 42.5 Å². The fourth-order valence-corrected chi connectivity index (χ4v) is 5.11. The molecule has 44 heavy (non-hydrogen) atoms. The van der Waals surface area contributed by atoms with Crippen LogP contribution in [0.15, 0.2) is 42.7 Å². The molecule has 2 aromatic rings. The zero-order valence-electron chi connectivity index (χ0n) is 26.0. The number of alkyl halides is 3. The van der Waals surface area contributed by atoms with E-state index in [1.54, 1.807) is 30.3 Å². The molecular formula is C32H45F3N4O5. The Morgan fingerprint density at radius 2 is 1.93 bits per heavy atom. The van der Waals surface area contributed by atoms with Crippen molar-refractivity contribution in [3.63, 3.8) is 0 Å². The molecule has 244 valence electrons. The highest BCUT2D eigenvalue weighted by molar-refractivity contribution is 5.99. The summed E-state index contributed by atoms with van der Waals surface area (Å²) in [5, 5.41) is 12.6. The van der Waals surface area contributed by atoms with Crippen LogP contribution < -0.4 is 10.1 Å². The summed E-state index contributed by atoms with van der Waals surface area (Å²) in [6.45, 7) is 7.51. The summed E-state index contributed by atoms with van der Waals surface area (Å²) in [4.78, 5) is 34.2. The number of hydrogen-bond donors (Lipinski definition) is 2. The highest BCUT2D eigenvalue weighted by Gasteiger charge is 2.31. The number of pyridine rings is 1. The Morgan fingerprint density at radius 1 is 1.20 bits per heavy atom. The third-order valence-corrected chi connectivity index (χ3v) is 7.66. The molecule has 0 saturated carbocycles. The predicted molar refractivity (Wildman–Crippen MR) is 161 cm³/mol. The molecule has 3 rings (SSSR count). The zero-order valence-corrected chi connectivity index (χ0v) is 26.0. The second kappa shape index (κ2) is 16.7. The van der Waals surface area contributed by atoms with Gasteiger partial charge in [-0.2, -0.15) is 13.2 Å². The Morgan fingerprint density at radius 3 is 2.61 bits per heavy atom. The lowest BCUT2D eigenvalue weighted by molar-refractivity contribution is -0.142. The molecule has 2 amide bonds. The predicted octanol–water partition coefficient (Wildman–Crippen LogP) is 5.29. The maximum absolute atomic E-state index is 14.1. The van der Waals surface area contributed by atoms with Gasteiger partial charge in [0, 0.05) is 56.7 Å². The summed E-state index contributed by atoms with van der Waals surface area (Å²) in [6.07, 6.45) is -0.977. The standard InChI is InChI=1S/C32H45F3N4O5/c1-22-18-39(23(2)21-40)31(42)27-17-26(37-30(41)10-13-32(33,34)35)8-9-28(27)44-24(3)7-5-6-16-43-29(22)20-38(4)19-25-11-14-36-15-12-25/h8-9,11-12,14-15,17,22-24,29,40H,5-7,10,13,16,18-21H2,1-4H3,(H,37,41)/t22-,23-,24+,29-/m1/s1. The third-order valence-electron chi connectivity index (χ3n) is 7.66. The van der Waals surface area contributed by atoms with Crippen molar-refractivity contribution < 1.29 is 37.3 Å². The van der Waals surface area contributed by atoms with Crippen LogP contribution in [0.5, 0.6) is 5.75 Å². The van der Waals surface area contributed by atoms with Crippen LogP contribution in [-0.2, 0) is 16.1 Å². The quantitative estimate of drug-likeness (QED) is 0.392. The lowest BCUT2D eigenvalue weighted by Gasteiger charge is -2.36. The van der Waals surface area contributed by atoms with Crippen molar-refractivity contribution in [1.82, 2.24) is 14.8 Å². The Balaban J connectivity index is 1.89. The van der Waals surface area contributed by atoms with Crippen molar-refractivity contribution in [2.24, 2.45) is 5.92 Å². The van der Waals surface area contributed by atoms with E-state index in [2.05, 4.69) is 15.2 Å². The van der Waals surface area contributed by atoms with E-state index in [0.29, 0.717) is 31.9 Å². The van der Waals surface area contributed by atoms with Crippen molar-refractivity contribution in [2.75, 3.05) is 38.7 Å². The van der Waals surface area contributed by atoms with Crippen molar-refractivity contribution >= 4 is 17.5 Å². The van der Waals surface area contributed by atoms with Crippen LogP contribution in [0.2, 0.25) is 0 Å². The molecular weight excluding hydrogens is 577 g/mol. The van der Waals surface area contributed by atoms with Gasteiger partial charge >= 0.3 is 6.18 Å². The second-order valence-electron chi connectivity index (χ2n) is 11.7. The first-order chi connectivity index (χ1) is 20.9. The Kier molecular flexibility index (Phi) is 13.4. The number of carbonyl (C=O) groups excluding carboxylic acids is 2. The van der Waals surface area contributed by atoms with Gasteiger partial charge in [-0.05, 0) is 76.1 Å². The largest absolute Gasteiger partial charge is 0.490 e. The Bertz CT molecular complexity index is 1200. The van der Waals surface area contributed by atoms with E-state index in [1.807, 2.05) is 33.0 Å². The lowest BCUT2D eigenvalue weighted by atomic mass is 10.0. The number of nitrogens with zero attached hydrogens (tertiary/aromatic N) is 3. The number of fused-ring (bicyclic) bond motifs is 1. The van der Waals surface area contributed by atoms with Gasteiger partial charge in [-0.25, -0.2) is 0 Å². The van der Waals surface area contributed by atoms with E-state index in [0.717, 1.165) is 18.4 Å². The molecule has 0 bridgehead atoms. The summed E-state index contributed by atoms with van der Waals surface area (Å²) in [6, 6.07) is 7.87. The second-order valence-corrected chi connectivity index (χ2v) is 11.7. The minimum absolute atomic E-state index is 0.121. The molecule has 0 fully saturated rings. The van der Waals surface area contributed by atoms with E-state index in [4.69, 9.17) is 9.47 Å². The minimum Gasteiger partial charge on any atom is -0.490 e. The molecule has 0 radical (unpaired) electrons. The zero-order chi connectivity index (χ0) is 32.3. The molecule has 4 atom stereocenters. The normalized spacial score (nSPS) is 21.2. The molecule has 0 saturated heterocycles. The maximum Gasteiger partial charge on any atom is 0.389 e. The van der Waals surface area contributed by atoms with Gasteiger partial charge in [-0.1, -0.05) is 6.92 Å². The molecule has 1 aliphatic rings. The molecule has 2 heterocycles.